The number of nitrogens with one attached hydrogen (secondary N) is 2. The monoisotopic (exact) mass is 425 g/mol. The van der Waals surface area contributed by atoms with Gasteiger partial charge < -0.3 is 15.7 Å². The number of benzene rings is 3. The highest BCUT2D eigenvalue weighted by molar-refractivity contribution is 6.32. The SMILES string of the molecule is O=C1c2ccccc2C(=O)c2c3c(cc(O)c21)NC1(CCN(Cc2ccccc2)CC1)N3. The number of carbonyl (C=O) groups excluding carboxylic acids is 2. The fourth-order valence-electron chi connectivity index (χ4n) is 5.22. The lowest BCUT2D eigenvalue weighted by atomic mass is 9.82. The van der Waals surface area contributed by atoms with Gasteiger partial charge in [0.2, 0.25) is 0 Å². The van der Waals surface area contributed by atoms with Crippen molar-refractivity contribution in [3.8, 4) is 5.75 Å². The van der Waals surface area contributed by atoms with Gasteiger partial charge in [-0.1, -0.05) is 54.6 Å². The first kappa shape index (κ1) is 19.1. The van der Waals surface area contributed by atoms with Gasteiger partial charge in [0.1, 0.15) is 11.4 Å². The predicted molar refractivity (Wildman–Crippen MR) is 122 cm³/mol. The third-order valence-corrected chi connectivity index (χ3v) is 6.87. The molecule has 0 radical (unpaired) electrons. The van der Waals surface area contributed by atoms with Gasteiger partial charge in [-0.15, -0.1) is 0 Å². The van der Waals surface area contributed by atoms with Gasteiger partial charge in [-0.05, 0) is 5.56 Å². The molecule has 6 rings (SSSR count). The molecule has 0 unspecified atom stereocenters. The first-order valence-electron chi connectivity index (χ1n) is 11.0. The van der Waals surface area contributed by atoms with Crippen molar-refractivity contribution in [2.45, 2.75) is 25.0 Å². The molecule has 0 bridgehead atoms. The summed E-state index contributed by atoms with van der Waals surface area (Å²) in [6.07, 6.45) is 1.67. The largest absolute Gasteiger partial charge is 0.507 e. The summed E-state index contributed by atoms with van der Waals surface area (Å²) < 4.78 is 0. The van der Waals surface area contributed by atoms with Gasteiger partial charge in [-0.3, -0.25) is 14.5 Å². The number of nitrogens with zero attached hydrogens (tertiary/aromatic N) is 1. The number of piperidine rings is 1. The van der Waals surface area contributed by atoms with Crippen LogP contribution in [0.1, 0.15) is 50.2 Å². The minimum absolute atomic E-state index is 0.0975. The molecule has 2 aliphatic heterocycles. The molecule has 3 aromatic carbocycles. The van der Waals surface area contributed by atoms with Gasteiger partial charge in [0.25, 0.3) is 0 Å². The molecule has 1 spiro atoms. The van der Waals surface area contributed by atoms with Crippen molar-refractivity contribution < 1.29 is 14.7 Å². The number of likely N-dealkylation sites (tertiary alicyclic amines) is 1. The molecule has 1 saturated heterocycles. The fourth-order valence-corrected chi connectivity index (χ4v) is 5.22. The summed E-state index contributed by atoms with van der Waals surface area (Å²) in [7, 11) is 0. The number of rotatable bonds is 2. The van der Waals surface area contributed by atoms with Gasteiger partial charge in [-0.25, -0.2) is 0 Å². The van der Waals surface area contributed by atoms with E-state index >= 15 is 0 Å². The molecular weight excluding hydrogens is 402 g/mol. The lowest BCUT2D eigenvalue weighted by molar-refractivity contribution is 0.0977. The molecule has 1 aliphatic carbocycles. The Morgan fingerprint density at radius 2 is 1.47 bits per heavy atom. The van der Waals surface area contributed by atoms with Gasteiger partial charge in [0.05, 0.1) is 22.5 Å². The van der Waals surface area contributed by atoms with E-state index in [2.05, 4.69) is 39.8 Å². The van der Waals surface area contributed by atoms with E-state index in [1.54, 1.807) is 30.3 Å². The summed E-state index contributed by atoms with van der Waals surface area (Å²) in [5.41, 5.74) is 3.31. The van der Waals surface area contributed by atoms with E-state index in [0.29, 0.717) is 22.5 Å². The van der Waals surface area contributed by atoms with Crippen molar-refractivity contribution in [3.05, 3.63) is 88.5 Å². The number of aromatic hydroxyl groups is 1. The molecule has 0 saturated carbocycles. The highest BCUT2D eigenvalue weighted by Gasteiger charge is 2.44. The Bertz CT molecular complexity index is 1260. The zero-order valence-electron chi connectivity index (χ0n) is 17.5. The molecule has 3 aliphatic rings. The number of fused-ring (bicyclic) bond motifs is 4. The summed E-state index contributed by atoms with van der Waals surface area (Å²) in [5.74, 6) is -0.689. The first-order chi connectivity index (χ1) is 15.5. The minimum Gasteiger partial charge on any atom is -0.507 e. The van der Waals surface area contributed by atoms with Crippen molar-refractivity contribution in [1.29, 1.82) is 0 Å². The molecule has 0 aromatic heterocycles. The lowest BCUT2D eigenvalue weighted by Gasteiger charge is -2.40. The van der Waals surface area contributed by atoms with Crippen molar-refractivity contribution >= 4 is 22.9 Å². The van der Waals surface area contributed by atoms with Crippen LogP contribution in [-0.2, 0) is 6.54 Å². The predicted octanol–water partition coefficient (Wildman–Crippen LogP) is 4.00. The second-order valence-corrected chi connectivity index (χ2v) is 8.87. The van der Waals surface area contributed by atoms with Crippen molar-refractivity contribution in [1.82, 2.24) is 4.90 Å². The van der Waals surface area contributed by atoms with E-state index < -0.39 is 5.66 Å². The van der Waals surface area contributed by atoms with E-state index in [1.165, 1.54) is 5.56 Å². The number of anilines is 2. The third kappa shape index (κ3) is 2.83. The molecular formula is C26H23N3O3. The molecule has 6 nitrogen and oxygen atoms in total. The molecule has 0 atom stereocenters. The quantitative estimate of drug-likeness (QED) is 0.421. The van der Waals surface area contributed by atoms with E-state index in [4.69, 9.17) is 0 Å². The molecule has 2 heterocycles. The average molecular weight is 425 g/mol. The summed E-state index contributed by atoms with van der Waals surface area (Å²) >= 11 is 0. The molecule has 0 amide bonds. The topological polar surface area (TPSA) is 81.7 Å². The van der Waals surface area contributed by atoms with Crippen LogP contribution in [0.25, 0.3) is 0 Å². The Morgan fingerprint density at radius 3 is 2.16 bits per heavy atom. The second-order valence-electron chi connectivity index (χ2n) is 8.87. The van der Waals surface area contributed by atoms with Crippen LogP contribution < -0.4 is 10.6 Å². The molecule has 160 valence electrons. The van der Waals surface area contributed by atoms with Gasteiger partial charge in [-0.2, -0.15) is 0 Å². The van der Waals surface area contributed by atoms with Gasteiger partial charge in [0, 0.05) is 49.7 Å². The normalized spacial score (nSPS) is 18.5. The zero-order valence-corrected chi connectivity index (χ0v) is 17.5. The second kappa shape index (κ2) is 6.93. The van der Waals surface area contributed by atoms with Crippen LogP contribution in [0.4, 0.5) is 11.4 Å². The fraction of sp³-hybridized carbons (Fsp3) is 0.231. The maximum atomic E-state index is 13.4. The van der Waals surface area contributed by atoms with Crippen LogP contribution in [0.2, 0.25) is 0 Å². The Kier molecular flexibility index (Phi) is 4.13. The van der Waals surface area contributed by atoms with Crippen molar-refractivity contribution in [2.75, 3.05) is 23.7 Å². The number of phenols is 1. The van der Waals surface area contributed by atoms with Crippen LogP contribution in [0, 0.1) is 0 Å². The molecule has 3 N–H and O–H groups in total. The highest BCUT2D eigenvalue weighted by atomic mass is 16.3. The average Bonchev–Trinajstić information content (AvgIpc) is 3.16. The summed E-state index contributed by atoms with van der Waals surface area (Å²) in [6, 6.07) is 18.8. The van der Waals surface area contributed by atoms with E-state index in [0.717, 1.165) is 32.5 Å². The van der Waals surface area contributed by atoms with Crippen LogP contribution in [0.5, 0.6) is 5.75 Å². The number of phenolic OH excluding ortho intramolecular Hbond substituents is 1. The Labute approximate surface area is 185 Å². The zero-order chi connectivity index (χ0) is 21.9. The van der Waals surface area contributed by atoms with Crippen LogP contribution in [0.15, 0.2) is 60.7 Å². The molecule has 1 fully saturated rings. The summed E-state index contributed by atoms with van der Waals surface area (Å²) in [5, 5.41) is 17.8. The lowest BCUT2D eigenvalue weighted by Crippen LogP contribution is -2.51. The minimum atomic E-state index is -0.391. The van der Waals surface area contributed by atoms with Crippen LogP contribution >= 0.6 is 0 Å². The number of hydrogen-bond acceptors (Lipinski definition) is 6. The maximum absolute atomic E-state index is 13.4. The number of hydrogen-bond donors (Lipinski definition) is 3. The standard InChI is InChI=1S/C26H23N3O3/c30-20-14-19-23(22-21(20)24(31)17-8-4-5-9-18(17)25(22)32)28-26(27-19)10-12-29(13-11-26)15-16-6-2-1-3-7-16/h1-9,14,27-28,30H,10-13,15H2. The van der Waals surface area contributed by atoms with Crippen molar-refractivity contribution in [2.24, 2.45) is 0 Å². The van der Waals surface area contributed by atoms with E-state index in [-0.39, 0.29) is 28.4 Å². The summed E-state index contributed by atoms with van der Waals surface area (Å²) in [4.78, 5) is 28.9. The van der Waals surface area contributed by atoms with E-state index in [9.17, 15) is 14.7 Å². The Hall–Kier alpha value is -3.64. The Morgan fingerprint density at radius 1 is 0.844 bits per heavy atom. The van der Waals surface area contributed by atoms with E-state index in [1.807, 2.05) is 6.07 Å². The molecule has 3 aromatic rings. The molecule has 6 heteroatoms. The van der Waals surface area contributed by atoms with Crippen LogP contribution in [0.3, 0.4) is 0 Å². The van der Waals surface area contributed by atoms with Gasteiger partial charge >= 0.3 is 0 Å². The smallest absolute Gasteiger partial charge is 0.198 e. The van der Waals surface area contributed by atoms with Gasteiger partial charge in [0.15, 0.2) is 11.6 Å². The van der Waals surface area contributed by atoms with Crippen LogP contribution in [-0.4, -0.2) is 40.3 Å². The van der Waals surface area contributed by atoms with Crippen molar-refractivity contribution in [3.63, 3.8) is 0 Å². The maximum Gasteiger partial charge on any atom is 0.198 e. The molecule has 32 heavy (non-hydrogen) atoms. The Balaban J connectivity index is 1.29. The number of carbonyl (C=O) groups is 2. The summed E-state index contributed by atoms with van der Waals surface area (Å²) in [6.45, 7) is 2.70. The first-order valence-corrected chi connectivity index (χ1v) is 11.0. The number of ketones is 2. The third-order valence-electron chi connectivity index (χ3n) is 6.87. The highest BCUT2D eigenvalue weighted by Crippen LogP contribution is 2.48.